The van der Waals surface area contributed by atoms with Crippen molar-refractivity contribution >= 4 is 18.0 Å². The Morgan fingerprint density at radius 3 is 2.91 bits per heavy atom. The fraction of sp³-hybridized carbons (Fsp3) is 0.571. The van der Waals surface area contributed by atoms with Crippen LogP contribution in [0.5, 0.6) is 0 Å². The number of amides is 1. The highest BCUT2D eigenvalue weighted by Gasteiger charge is 2.34. The van der Waals surface area contributed by atoms with E-state index in [1.165, 1.54) is 4.90 Å². The third-order valence-corrected chi connectivity index (χ3v) is 2.16. The van der Waals surface area contributed by atoms with Crippen LogP contribution in [0.2, 0.25) is 0 Å². The molecule has 1 aliphatic carbocycles. The minimum absolute atomic E-state index is 0.515. The Balaban J connectivity index is 2.07. The molecule has 1 heterocycles. The average molecular weight is 174 g/mol. The summed E-state index contributed by atoms with van der Waals surface area (Å²) in [5.74, 6) is 1.37. The number of rotatable bonds is 2. The summed E-state index contributed by atoms with van der Waals surface area (Å²) < 4.78 is 5.21. The second kappa shape index (κ2) is 2.41. The molecule has 4 heteroatoms. The van der Waals surface area contributed by atoms with Crippen LogP contribution in [0.1, 0.15) is 12.8 Å². The zero-order valence-corrected chi connectivity index (χ0v) is 6.62. The standard InChI is InChI=1S/C7H8ClNO2/c8-7-9(4-10)3-6(11-7)5-1-2-5/h3-5,7H,1-2H2. The van der Waals surface area contributed by atoms with E-state index in [1.807, 2.05) is 0 Å². The molecule has 0 aromatic rings. The van der Waals surface area contributed by atoms with Gasteiger partial charge in [-0.25, -0.2) is 0 Å². The molecule has 2 aliphatic rings. The molecule has 0 radical (unpaired) electrons. The predicted molar refractivity (Wildman–Crippen MR) is 39.4 cm³/mol. The summed E-state index contributed by atoms with van der Waals surface area (Å²) in [7, 11) is 0. The molecule has 0 bridgehead atoms. The minimum atomic E-state index is -0.622. The van der Waals surface area contributed by atoms with E-state index >= 15 is 0 Å². The molecule has 1 amide bonds. The number of hydrogen-bond donors (Lipinski definition) is 0. The van der Waals surface area contributed by atoms with E-state index < -0.39 is 5.69 Å². The van der Waals surface area contributed by atoms with Gasteiger partial charge in [-0.15, -0.1) is 0 Å². The van der Waals surface area contributed by atoms with Gasteiger partial charge in [-0.3, -0.25) is 9.69 Å². The number of nitrogens with zero attached hydrogens (tertiary/aromatic N) is 1. The lowest BCUT2D eigenvalue weighted by Gasteiger charge is -2.09. The van der Waals surface area contributed by atoms with E-state index in [9.17, 15) is 4.79 Å². The third kappa shape index (κ3) is 1.20. The van der Waals surface area contributed by atoms with E-state index in [4.69, 9.17) is 16.3 Å². The first-order chi connectivity index (χ1) is 5.31. The molecular formula is C7H8ClNO2. The van der Waals surface area contributed by atoms with Gasteiger partial charge in [0.05, 0.1) is 0 Å². The van der Waals surface area contributed by atoms with Gasteiger partial charge in [-0.2, -0.15) is 0 Å². The first kappa shape index (κ1) is 6.98. The monoisotopic (exact) mass is 173 g/mol. The molecular weight excluding hydrogens is 166 g/mol. The van der Waals surface area contributed by atoms with Crippen molar-refractivity contribution in [3.63, 3.8) is 0 Å². The minimum Gasteiger partial charge on any atom is -0.459 e. The molecule has 0 aromatic carbocycles. The Morgan fingerprint density at radius 1 is 1.73 bits per heavy atom. The number of halogens is 1. The lowest BCUT2D eigenvalue weighted by Crippen LogP contribution is -2.20. The van der Waals surface area contributed by atoms with Gasteiger partial charge in [0, 0.05) is 12.1 Å². The van der Waals surface area contributed by atoms with Gasteiger partial charge < -0.3 is 4.74 Å². The molecule has 1 saturated carbocycles. The van der Waals surface area contributed by atoms with E-state index in [0.717, 1.165) is 18.6 Å². The number of carbonyl (C=O) groups excluding carboxylic acids is 1. The summed E-state index contributed by atoms with van der Waals surface area (Å²) in [6.07, 6.45) is 4.67. The summed E-state index contributed by atoms with van der Waals surface area (Å²) in [5.41, 5.74) is -0.622. The van der Waals surface area contributed by atoms with Crippen LogP contribution in [0.15, 0.2) is 12.0 Å². The number of carbonyl (C=O) groups is 1. The maximum atomic E-state index is 10.3. The fourth-order valence-corrected chi connectivity index (χ4v) is 1.26. The molecule has 2 rings (SSSR count). The van der Waals surface area contributed by atoms with Gasteiger partial charge in [-0.05, 0) is 12.8 Å². The predicted octanol–water partition coefficient (Wildman–Crippen LogP) is 1.25. The molecule has 1 fully saturated rings. The van der Waals surface area contributed by atoms with E-state index in [2.05, 4.69) is 0 Å². The highest BCUT2D eigenvalue weighted by Crippen LogP contribution is 2.40. The molecule has 0 spiro atoms. The Hall–Kier alpha value is -0.700. The van der Waals surface area contributed by atoms with E-state index in [-0.39, 0.29) is 0 Å². The number of alkyl halides is 1. The number of allylic oxidation sites excluding steroid dienone is 1. The van der Waals surface area contributed by atoms with Crippen LogP contribution in [0.3, 0.4) is 0 Å². The van der Waals surface area contributed by atoms with Gasteiger partial charge in [0.2, 0.25) is 6.41 Å². The van der Waals surface area contributed by atoms with Crippen molar-refractivity contribution in [3.8, 4) is 0 Å². The van der Waals surface area contributed by atoms with Crippen LogP contribution >= 0.6 is 11.6 Å². The van der Waals surface area contributed by atoms with Gasteiger partial charge in [0.1, 0.15) is 5.76 Å². The van der Waals surface area contributed by atoms with Crippen molar-refractivity contribution < 1.29 is 9.53 Å². The fourth-order valence-electron chi connectivity index (χ4n) is 1.06. The van der Waals surface area contributed by atoms with Crippen molar-refractivity contribution in [2.75, 3.05) is 0 Å². The van der Waals surface area contributed by atoms with Gasteiger partial charge >= 0.3 is 0 Å². The second-order valence-corrected chi connectivity index (χ2v) is 3.14. The Morgan fingerprint density at radius 2 is 2.45 bits per heavy atom. The lowest BCUT2D eigenvalue weighted by molar-refractivity contribution is -0.118. The normalized spacial score (nSPS) is 29.7. The quantitative estimate of drug-likeness (QED) is 0.357. The van der Waals surface area contributed by atoms with Gasteiger partial charge in [-0.1, -0.05) is 11.6 Å². The van der Waals surface area contributed by atoms with Crippen LogP contribution < -0.4 is 0 Å². The van der Waals surface area contributed by atoms with Crippen molar-refractivity contribution in [2.24, 2.45) is 5.92 Å². The average Bonchev–Trinajstić information content (AvgIpc) is 2.76. The van der Waals surface area contributed by atoms with Crippen LogP contribution in [-0.2, 0) is 9.53 Å². The molecule has 0 N–H and O–H groups in total. The highest BCUT2D eigenvalue weighted by molar-refractivity contribution is 6.20. The summed E-state index contributed by atoms with van der Waals surface area (Å²) in [6.45, 7) is 0. The first-order valence-corrected chi connectivity index (χ1v) is 4.00. The molecule has 1 unspecified atom stereocenters. The van der Waals surface area contributed by atoms with Crippen molar-refractivity contribution in [1.82, 2.24) is 4.90 Å². The zero-order chi connectivity index (χ0) is 7.84. The molecule has 3 nitrogen and oxygen atoms in total. The SMILES string of the molecule is O=CN1C=C(C2CC2)OC1Cl. The summed E-state index contributed by atoms with van der Waals surface area (Å²) in [6, 6.07) is 0. The van der Waals surface area contributed by atoms with Crippen LogP contribution in [-0.4, -0.2) is 17.0 Å². The van der Waals surface area contributed by atoms with Crippen molar-refractivity contribution in [2.45, 2.75) is 18.5 Å². The smallest absolute Gasteiger partial charge is 0.255 e. The molecule has 0 saturated heterocycles. The van der Waals surface area contributed by atoms with Crippen LogP contribution in [0, 0.1) is 5.92 Å². The molecule has 11 heavy (non-hydrogen) atoms. The third-order valence-electron chi connectivity index (χ3n) is 1.85. The first-order valence-electron chi connectivity index (χ1n) is 3.56. The Labute approximate surface area is 69.6 Å². The number of ether oxygens (including phenoxy) is 1. The topological polar surface area (TPSA) is 29.5 Å². The van der Waals surface area contributed by atoms with E-state index in [0.29, 0.717) is 12.3 Å². The van der Waals surface area contributed by atoms with Gasteiger partial charge in [0.15, 0.2) is 0 Å². The van der Waals surface area contributed by atoms with Crippen molar-refractivity contribution in [3.05, 3.63) is 12.0 Å². The molecule has 60 valence electrons. The van der Waals surface area contributed by atoms with Crippen molar-refractivity contribution in [1.29, 1.82) is 0 Å². The maximum absolute atomic E-state index is 10.3. The summed E-state index contributed by atoms with van der Waals surface area (Å²) in [5, 5.41) is 0. The van der Waals surface area contributed by atoms with Crippen LogP contribution in [0.25, 0.3) is 0 Å². The van der Waals surface area contributed by atoms with E-state index in [1.54, 1.807) is 6.20 Å². The maximum Gasteiger partial charge on any atom is 0.255 e. The zero-order valence-electron chi connectivity index (χ0n) is 5.87. The highest BCUT2D eigenvalue weighted by atomic mass is 35.5. The molecule has 1 atom stereocenters. The largest absolute Gasteiger partial charge is 0.459 e. The van der Waals surface area contributed by atoms with Gasteiger partial charge in [0.25, 0.3) is 5.69 Å². The Kier molecular flexibility index (Phi) is 1.53. The Bertz CT molecular complexity index is 212. The van der Waals surface area contributed by atoms with Crippen LogP contribution in [0.4, 0.5) is 0 Å². The number of hydrogen-bond acceptors (Lipinski definition) is 2. The summed E-state index contributed by atoms with van der Waals surface area (Å²) >= 11 is 5.67. The molecule has 1 aliphatic heterocycles. The molecule has 0 aromatic heterocycles. The second-order valence-electron chi connectivity index (χ2n) is 2.77. The lowest BCUT2D eigenvalue weighted by atomic mass is 10.4. The summed E-state index contributed by atoms with van der Waals surface area (Å²) in [4.78, 5) is 11.7.